The van der Waals surface area contributed by atoms with Crippen molar-refractivity contribution in [2.24, 2.45) is 0 Å². The Bertz CT molecular complexity index is 871. The zero-order valence-corrected chi connectivity index (χ0v) is 15.2. The molecule has 0 N–H and O–H groups in total. The van der Waals surface area contributed by atoms with E-state index in [4.69, 9.17) is 14.7 Å². The highest BCUT2D eigenvalue weighted by atomic mass is 32.2. The van der Waals surface area contributed by atoms with Gasteiger partial charge in [0.05, 0.1) is 31.6 Å². The summed E-state index contributed by atoms with van der Waals surface area (Å²) in [6.45, 7) is 0.166. The Hall–Kier alpha value is -2.56. The first-order chi connectivity index (χ1) is 11.9. The van der Waals surface area contributed by atoms with Gasteiger partial charge in [-0.1, -0.05) is 24.3 Å². The molecule has 0 atom stereocenters. The van der Waals surface area contributed by atoms with Gasteiger partial charge in [0, 0.05) is 19.2 Å². The minimum atomic E-state index is -3.52. The van der Waals surface area contributed by atoms with E-state index < -0.39 is 10.0 Å². The summed E-state index contributed by atoms with van der Waals surface area (Å²) in [4.78, 5) is 0. The van der Waals surface area contributed by atoms with E-state index in [0.29, 0.717) is 28.2 Å². The first kappa shape index (κ1) is 18.8. The summed E-state index contributed by atoms with van der Waals surface area (Å²) in [5.41, 5.74) is 1.84. The first-order valence-electron chi connectivity index (χ1n) is 7.54. The molecule has 0 spiro atoms. The maximum absolute atomic E-state index is 12.6. The molecule has 2 aromatic carbocycles. The van der Waals surface area contributed by atoms with Crippen molar-refractivity contribution in [1.82, 2.24) is 4.31 Å². The number of benzene rings is 2. The standard InChI is InChI=1S/C18H20N2O4S/c1-20(12-16-5-4-6-17(23-2)18(16)24-3)25(21,22)13-15-9-7-14(11-19)8-10-15/h4-10H,12-13H2,1-3H3. The smallest absolute Gasteiger partial charge is 0.218 e. The van der Waals surface area contributed by atoms with Crippen LogP contribution in [0.1, 0.15) is 16.7 Å². The van der Waals surface area contributed by atoms with Gasteiger partial charge in [0.15, 0.2) is 11.5 Å². The van der Waals surface area contributed by atoms with Gasteiger partial charge in [0.25, 0.3) is 0 Å². The van der Waals surface area contributed by atoms with Crippen LogP contribution in [0.15, 0.2) is 42.5 Å². The van der Waals surface area contributed by atoms with Gasteiger partial charge in [-0.25, -0.2) is 12.7 Å². The Balaban J connectivity index is 2.19. The number of hydrogen-bond donors (Lipinski definition) is 0. The molecule has 2 aromatic rings. The lowest BCUT2D eigenvalue weighted by molar-refractivity contribution is 0.347. The molecule has 0 bridgehead atoms. The Morgan fingerprint density at radius 1 is 1.08 bits per heavy atom. The summed E-state index contributed by atoms with van der Waals surface area (Å²) in [5, 5.41) is 8.81. The van der Waals surface area contributed by atoms with E-state index in [9.17, 15) is 8.42 Å². The molecule has 6 nitrogen and oxygen atoms in total. The number of para-hydroxylation sites is 1. The van der Waals surface area contributed by atoms with Crippen molar-refractivity contribution in [3.63, 3.8) is 0 Å². The highest BCUT2D eigenvalue weighted by Crippen LogP contribution is 2.31. The number of nitriles is 1. The second-order valence-corrected chi connectivity index (χ2v) is 7.55. The summed E-state index contributed by atoms with van der Waals surface area (Å²) in [6, 6.07) is 13.9. The maximum atomic E-state index is 12.6. The lowest BCUT2D eigenvalue weighted by Gasteiger charge is -2.19. The van der Waals surface area contributed by atoms with Crippen LogP contribution in [-0.2, 0) is 22.3 Å². The second-order valence-electron chi connectivity index (χ2n) is 5.47. The van der Waals surface area contributed by atoms with E-state index in [-0.39, 0.29) is 12.3 Å². The predicted octanol–water partition coefficient (Wildman–Crippen LogP) is 2.54. The van der Waals surface area contributed by atoms with Crippen molar-refractivity contribution in [2.75, 3.05) is 21.3 Å². The molecule has 0 aliphatic carbocycles. The van der Waals surface area contributed by atoms with E-state index in [1.54, 1.807) is 42.5 Å². The molecule has 7 heteroatoms. The molecular formula is C18H20N2O4S. The molecule has 0 aliphatic heterocycles. The molecule has 0 saturated heterocycles. The predicted molar refractivity (Wildman–Crippen MR) is 94.8 cm³/mol. The van der Waals surface area contributed by atoms with Gasteiger partial charge < -0.3 is 9.47 Å². The SMILES string of the molecule is COc1cccc(CN(C)S(=O)(=O)Cc2ccc(C#N)cc2)c1OC. The summed E-state index contributed by atoms with van der Waals surface area (Å²) in [5.74, 6) is 0.935. The van der Waals surface area contributed by atoms with Crippen molar-refractivity contribution in [1.29, 1.82) is 5.26 Å². The highest BCUT2D eigenvalue weighted by Gasteiger charge is 2.21. The maximum Gasteiger partial charge on any atom is 0.218 e. The minimum absolute atomic E-state index is 0.137. The summed E-state index contributed by atoms with van der Waals surface area (Å²) in [6.07, 6.45) is 0. The molecule has 25 heavy (non-hydrogen) atoms. The number of sulfonamides is 1. The van der Waals surface area contributed by atoms with Crippen LogP contribution in [0.5, 0.6) is 11.5 Å². The molecule has 0 fully saturated rings. The Morgan fingerprint density at radius 2 is 1.76 bits per heavy atom. The van der Waals surface area contributed by atoms with Gasteiger partial charge in [-0.2, -0.15) is 5.26 Å². The van der Waals surface area contributed by atoms with Crippen LogP contribution in [0, 0.1) is 11.3 Å². The number of methoxy groups -OCH3 is 2. The van der Waals surface area contributed by atoms with Gasteiger partial charge in [0.1, 0.15) is 0 Å². The number of hydrogen-bond acceptors (Lipinski definition) is 5. The average molecular weight is 360 g/mol. The van der Waals surface area contributed by atoms with Crippen molar-refractivity contribution < 1.29 is 17.9 Å². The second kappa shape index (κ2) is 8.01. The van der Waals surface area contributed by atoms with E-state index in [2.05, 4.69) is 0 Å². The van der Waals surface area contributed by atoms with Gasteiger partial charge in [0.2, 0.25) is 10.0 Å². The Morgan fingerprint density at radius 3 is 2.32 bits per heavy atom. The normalized spacial score (nSPS) is 11.2. The minimum Gasteiger partial charge on any atom is -0.493 e. The van der Waals surface area contributed by atoms with Crippen LogP contribution in [0.4, 0.5) is 0 Å². The zero-order valence-electron chi connectivity index (χ0n) is 14.4. The lowest BCUT2D eigenvalue weighted by atomic mass is 10.2. The molecule has 132 valence electrons. The van der Waals surface area contributed by atoms with Crippen molar-refractivity contribution >= 4 is 10.0 Å². The fraction of sp³-hybridized carbons (Fsp3) is 0.278. The third kappa shape index (κ3) is 4.50. The van der Waals surface area contributed by atoms with E-state index in [1.807, 2.05) is 6.07 Å². The monoisotopic (exact) mass is 360 g/mol. The molecule has 2 rings (SSSR count). The molecule has 0 heterocycles. The topological polar surface area (TPSA) is 79.6 Å². The number of rotatable bonds is 7. The van der Waals surface area contributed by atoms with Crippen molar-refractivity contribution in [2.45, 2.75) is 12.3 Å². The summed E-state index contributed by atoms with van der Waals surface area (Å²) in [7, 11) is 1.06. The van der Waals surface area contributed by atoms with E-state index in [0.717, 1.165) is 0 Å². The van der Waals surface area contributed by atoms with E-state index >= 15 is 0 Å². The lowest BCUT2D eigenvalue weighted by Crippen LogP contribution is -2.28. The fourth-order valence-corrected chi connectivity index (χ4v) is 3.58. The van der Waals surface area contributed by atoms with E-state index in [1.165, 1.54) is 25.6 Å². The molecule has 0 amide bonds. The molecule has 0 aliphatic rings. The summed E-state index contributed by atoms with van der Waals surface area (Å²) >= 11 is 0. The van der Waals surface area contributed by atoms with Crippen LogP contribution >= 0.6 is 0 Å². The summed E-state index contributed by atoms with van der Waals surface area (Å²) < 4.78 is 37.1. The zero-order chi connectivity index (χ0) is 18.4. The average Bonchev–Trinajstić information content (AvgIpc) is 2.61. The van der Waals surface area contributed by atoms with Crippen LogP contribution in [0.3, 0.4) is 0 Å². The third-order valence-electron chi connectivity index (χ3n) is 3.78. The molecule has 0 radical (unpaired) electrons. The Labute approximate surface area is 148 Å². The quantitative estimate of drug-likeness (QED) is 0.758. The molecule has 0 aromatic heterocycles. The van der Waals surface area contributed by atoms with Gasteiger partial charge >= 0.3 is 0 Å². The Kier molecular flexibility index (Phi) is 6.02. The molecule has 0 saturated carbocycles. The van der Waals surface area contributed by atoms with Gasteiger partial charge in [-0.15, -0.1) is 0 Å². The van der Waals surface area contributed by atoms with Crippen LogP contribution in [0.2, 0.25) is 0 Å². The molecule has 0 unspecified atom stereocenters. The number of ether oxygens (including phenoxy) is 2. The third-order valence-corrected chi connectivity index (χ3v) is 5.56. The van der Waals surface area contributed by atoms with Crippen molar-refractivity contribution in [3.8, 4) is 17.6 Å². The largest absolute Gasteiger partial charge is 0.493 e. The number of nitrogens with zero attached hydrogens (tertiary/aromatic N) is 2. The van der Waals surface area contributed by atoms with Crippen LogP contribution < -0.4 is 9.47 Å². The fourth-order valence-electron chi connectivity index (χ4n) is 2.41. The first-order valence-corrected chi connectivity index (χ1v) is 9.15. The van der Waals surface area contributed by atoms with Crippen molar-refractivity contribution in [3.05, 3.63) is 59.2 Å². The van der Waals surface area contributed by atoms with Gasteiger partial charge in [-0.3, -0.25) is 0 Å². The van der Waals surface area contributed by atoms with Crippen LogP contribution in [-0.4, -0.2) is 34.0 Å². The van der Waals surface area contributed by atoms with Gasteiger partial charge in [-0.05, 0) is 23.8 Å². The highest BCUT2D eigenvalue weighted by molar-refractivity contribution is 7.88. The van der Waals surface area contributed by atoms with Crippen LogP contribution in [0.25, 0.3) is 0 Å². The molecular weight excluding hydrogens is 340 g/mol.